The van der Waals surface area contributed by atoms with E-state index in [2.05, 4.69) is 12.2 Å². The summed E-state index contributed by atoms with van der Waals surface area (Å²) in [5, 5.41) is 2.58. The van der Waals surface area contributed by atoms with E-state index in [-0.39, 0.29) is 40.1 Å². The summed E-state index contributed by atoms with van der Waals surface area (Å²) in [7, 11) is 1.60. The Bertz CT molecular complexity index is 231. The average molecular weight is 323 g/mol. The molecule has 1 rings (SSSR count). The second kappa shape index (κ2) is 24.9. The van der Waals surface area contributed by atoms with Gasteiger partial charge in [0, 0.05) is 20.5 Å². The first-order chi connectivity index (χ1) is 9.06. The summed E-state index contributed by atoms with van der Waals surface area (Å²) in [6.45, 7) is 16.3. The van der Waals surface area contributed by atoms with Gasteiger partial charge in [0.2, 0.25) is 11.8 Å². The van der Waals surface area contributed by atoms with Crippen molar-refractivity contribution in [3.63, 3.8) is 0 Å². The van der Waals surface area contributed by atoms with E-state index in [1.54, 1.807) is 11.9 Å². The molecule has 1 heterocycles. The fraction of sp³-hybridized carbons (Fsp3) is 0.889. The third kappa shape index (κ3) is 13.9. The van der Waals surface area contributed by atoms with Crippen LogP contribution in [0.1, 0.15) is 84.1 Å². The molecule has 1 saturated heterocycles. The van der Waals surface area contributed by atoms with Crippen LogP contribution in [0.15, 0.2) is 0 Å². The first kappa shape index (κ1) is 37.3. The predicted octanol–water partition coefficient (Wildman–Crippen LogP) is 4.98. The molecule has 0 spiro atoms. The van der Waals surface area contributed by atoms with E-state index in [0.717, 1.165) is 6.42 Å². The van der Waals surface area contributed by atoms with Crippen LogP contribution in [0.5, 0.6) is 0 Å². The lowest BCUT2D eigenvalue weighted by molar-refractivity contribution is -0.136. The summed E-state index contributed by atoms with van der Waals surface area (Å²) in [5.74, 6) is 0.351. The number of amides is 2. The summed E-state index contributed by atoms with van der Waals surface area (Å²) < 4.78 is 0. The lowest BCUT2D eigenvalue weighted by atomic mass is 10.1. The van der Waals surface area contributed by atoms with Crippen molar-refractivity contribution in [1.82, 2.24) is 10.2 Å². The van der Waals surface area contributed by atoms with Gasteiger partial charge in [-0.1, -0.05) is 70.7 Å². The Morgan fingerprint density at radius 1 is 0.955 bits per heavy atom. The van der Waals surface area contributed by atoms with Crippen molar-refractivity contribution in [3.05, 3.63) is 0 Å². The number of hydrogen-bond acceptors (Lipinski definition) is 2. The Hall–Kier alpha value is -1.06. The van der Waals surface area contributed by atoms with E-state index in [0.29, 0.717) is 12.5 Å². The highest BCUT2D eigenvalue weighted by molar-refractivity contribution is 5.87. The van der Waals surface area contributed by atoms with E-state index in [1.807, 2.05) is 41.5 Å². The zero-order valence-electron chi connectivity index (χ0n) is 14.3. The van der Waals surface area contributed by atoms with Crippen molar-refractivity contribution in [3.8, 4) is 0 Å². The minimum absolute atomic E-state index is 0. The maximum Gasteiger partial charge on any atom is 0.242 e. The van der Waals surface area contributed by atoms with Crippen LogP contribution in [0.25, 0.3) is 0 Å². The molecule has 0 aliphatic carbocycles. The number of nitrogens with one attached hydrogen (secondary N) is 1. The zero-order chi connectivity index (χ0) is 16.0. The normalized spacial score (nSPS) is 17.0. The lowest BCUT2D eigenvalue weighted by Crippen LogP contribution is -2.43. The highest BCUT2D eigenvalue weighted by Gasteiger charge is 2.35. The van der Waals surface area contributed by atoms with Crippen molar-refractivity contribution in [2.24, 2.45) is 5.92 Å². The molecule has 1 aliphatic rings. The Morgan fingerprint density at radius 2 is 1.32 bits per heavy atom. The average Bonchev–Trinajstić information content (AvgIpc) is 2.87. The minimum atomic E-state index is -0.252. The Morgan fingerprint density at radius 3 is 1.59 bits per heavy atom. The lowest BCUT2D eigenvalue weighted by Gasteiger charge is -2.21. The van der Waals surface area contributed by atoms with Crippen molar-refractivity contribution in [2.45, 2.75) is 90.1 Å². The molecule has 140 valence electrons. The maximum atomic E-state index is 11.4. The molecule has 2 atom stereocenters. The monoisotopic (exact) mass is 322 g/mol. The van der Waals surface area contributed by atoms with Gasteiger partial charge in [-0.2, -0.15) is 0 Å². The van der Waals surface area contributed by atoms with Crippen LogP contribution >= 0.6 is 0 Å². The van der Waals surface area contributed by atoms with E-state index >= 15 is 0 Å². The smallest absolute Gasteiger partial charge is 0.242 e. The second-order valence-corrected chi connectivity index (χ2v) is 3.64. The molecule has 22 heavy (non-hydrogen) atoms. The van der Waals surface area contributed by atoms with Gasteiger partial charge in [-0.3, -0.25) is 9.59 Å². The van der Waals surface area contributed by atoms with Gasteiger partial charge in [0.25, 0.3) is 0 Å². The highest BCUT2D eigenvalue weighted by Crippen LogP contribution is 2.22. The molecule has 0 aromatic carbocycles. The number of likely N-dealkylation sites (tertiary alicyclic amines) is 1. The van der Waals surface area contributed by atoms with Gasteiger partial charge in [0.05, 0.1) is 0 Å². The maximum absolute atomic E-state index is 11.4. The van der Waals surface area contributed by atoms with E-state index in [1.165, 1.54) is 6.92 Å². The van der Waals surface area contributed by atoms with Crippen molar-refractivity contribution >= 4 is 11.8 Å². The largest absolute Gasteiger partial charge is 0.357 e. The number of carbonyl (C=O) groups is 2. The first-order valence-corrected chi connectivity index (χ1v) is 7.55. The molecule has 0 aromatic heterocycles. The summed E-state index contributed by atoms with van der Waals surface area (Å²) in [6, 6.07) is -0.252. The number of rotatable bonds is 1. The molecule has 4 nitrogen and oxygen atoms in total. The van der Waals surface area contributed by atoms with Gasteiger partial charge in [-0.15, -0.1) is 0 Å². The van der Waals surface area contributed by atoms with E-state index in [9.17, 15) is 9.59 Å². The molecule has 2 amide bonds. The Balaban J connectivity index is -0.0000000638. The highest BCUT2D eigenvalue weighted by atomic mass is 16.2. The minimum Gasteiger partial charge on any atom is -0.357 e. The topological polar surface area (TPSA) is 49.4 Å². The summed E-state index contributed by atoms with van der Waals surface area (Å²) >= 11 is 0. The molecule has 0 unspecified atom stereocenters. The van der Waals surface area contributed by atoms with Crippen LogP contribution < -0.4 is 5.32 Å². The van der Waals surface area contributed by atoms with Crippen LogP contribution in [0.3, 0.4) is 0 Å². The number of nitrogens with zero attached hydrogens (tertiary/aromatic N) is 1. The van der Waals surface area contributed by atoms with Crippen molar-refractivity contribution < 1.29 is 9.59 Å². The summed E-state index contributed by atoms with van der Waals surface area (Å²) in [5.41, 5.74) is 0. The van der Waals surface area contributed by atoms with E-state index in [4.69, 9.17) is 0 Å². The Labute approximate surface area is 142 Å². The zero-order valence-corrected chi connectivity index (χ0v) is 14.3. The molecular formula is C18H46N2O2. The summed E-state index contributed by atoms with van der Waals surface area (Å²) in [6.07, 6.45) is 0.777. The van der Waals surface area contributed by atoms with Crippen LogP contribution in [0.2, 0.25) is 0 Å². The van der Waals surface area contributed by atoms with Gasteiger partial charge in [-0.25, -0.2) is 0 Å². The molecule has 0 bridgehead atoms. The number of hydrogen-bond donors (Lipinski definition) is 1. The van der Waals surface area contributed by atoms with Gasteiger partial charge >= 0.3 is 0 Å². The fourth-order valence-corrected chi connectivity index (χ4v) is 1.81. The third-order valence-corrected chi connectivity index (χ3v) is 2.46. The number of carbonyl (C=O) groups excluding carboxylic acids is 2. The quantitative estimate of drug-likeness (QED) is 0.740. The summed E-state index contributed by atoms with van der Waals surface area (Å²) in [4.78, 5) is 24.2. The fourth-order valence-electron chi connectivity index (χ4n) is 1.81. The molecule has 1 fully saturated rings. The van der Waals surface area contributed by atoms with Crippen molar-refractivity contribution in [2.75, 3.05) is 13.6 Å². The first-order valence-electron chi connectivity index (χ1n) is 7.55. The molecule has 0 aromatic rings. The molecule has 0 radical (unpaired) electrons. The third-order valence-electron chi connectivity index (χ3n) is 2.46. The van der Waals surface area contributed by atoms with Gasteiger partial charge in [0.1, 0.15) is 6.04 Å². The van der Waals surface area contributed by atoms with Gasteiger partial charge in [0.15, 0.2) is 0 Å². The SMILES string of the molecule is C.C.C.CC.CC.CC.CNC(=O)[C@@H]1C[C@H](C)CN1C(C)=O. The van der Waals surface area contributed by atoms with Crippen LogP contribution in [-0.2, 0) is 9.59 Å². The van der Waals surface area contributed by atoms with Crippen LogP contribution in [0.4, 0.5) is 0 Å². The van der Waals surface area contributed by atoms with Crippen LogP contribution in [-0.4, -0.2) is 36.3 Å². The predicted molar refractivity (Wildman–Crippen MR) is 103 cm³/mol. The Kier molecular flexibility index (Phi) is 42.3. The van der Waals surface area contributed by atoms with Gasteiger partial charge in [-0.05, 0) is 12.3 Å². The molecule has 1 aliphatic heterocycles. The molecule has 0 saturated carbocycles. The van der Waals surface area contributed by atoms with Crippen molar-refractivity contribution in [1.29, 1.82) is 0 Å². The standard InChI is InChI=1S/C9H16N2O2.3C2H6.3CH4/c1-6-4-8(9(13)10-3)11(5-6)7(2)12;3*1-2;;;/h6,8H,4-5H2,1-3H3,(H,10,13);3*1-2H3;3*1H4/t6-,8-;;;;;;/m0....../s1. The molecule has 4 heteroatoms. The van der Waals surface area contributed by atoms with E-state index < -0.39 is 0 Å². The molecule has 1 N–H and O–H groups in total. The van der Waals surface area contributed by atoms with Gasteiger partial charge < -0.3 is 10.2 Å². The molecular weight excluding hydrogens is 276 g/mol. The number of likely N-dealkylation sites (N-methyl/N-ethyl adjacent to an activating group) is 1. The van der Waals surface area contributed by atoms with Crippen LogP contribution in [0, 0.1) is 5.92 Å². The second-order valence-electron chi connectivity index (χ2n) is 3.64.